The van der Waals surface area contributed by atoms with Gasteiger partial charge in [-0.1, -0.05) is 42.5 Å². The number of ether oxygens (including phenoxy) is 1. The molecule has 0 spiro atoms. The molecule has 0 unspecified atom stereocenters. The van der Waals surface area contributed by atoms with Gasteiger partial charge in [0.15, 0.2) is 0 Å². The van der Waals surface area contributed by atoms with Gasteiger partial charge in [0.25, 0.3) is 5.91 Å². The molecule has 134 valence electrons. The van der Waals surface area contributed by atoms with Gasteiger partial charge in [0.1, 0.15) is 12.4 Å². The van der Waals surface area contributed by atoms with E-state index in [4.69, 9.17) is 10.5 Å². The van der Waals surface area contributed by atoms with Crippen LogP contribution >= 0.6 is 0 Å². The number of para-hydroxylation sites is 1. The van der Waals surface area contributed by atoms with Gasteiger partial charge in [0.2, 0.25) is 5.91 Å². The number of rotatable bonds is 6. The lowest BCUT2D eigenvalue weighted by molar-refractivity contribution is -0.122. The molecule has 3 rings (SSSR count). The summed E-state index contributed by atoms with van der Waals surface area (Å²) < 4.78 is 5.69. The van der Waals surface area contributed by atoms with Crippen molar-refractivity contribution in [3.63, 3.8) is 0 Å². The summed E-state index contributed by atoms with van der Waals surface area (Å²) in [6, 6.07) is 16.6. The average molecular weight is 350 g/mol. The van der Waals surface area contributed by atoms with Crippen LogP contribution in [0.2, 0.25) is 0 Å². The molecule has 2 aromatic rings. The second-order valence-corrected chi connectivity index (χ2v) is 6.33. The van der Waals surface area contributed by atoms with Crippen molar-refractivity contribution in [3.8, 4) is 5.75 Å². The first-order chi connectivity index (χ1) is 12.6. The third kappa shape index (κ3) is 4.51. The number of allylic oxidation sites excluding steroid dienone is 1. The Morgan fingerprint density at radius 3 is 2.38 bits per heavy atom. The van der Waals surface area contributed by atoms with Crippen molar-refractivity contribution in [2.75, 3.05) is 0 Å². The lowest BCUT2D eigenvalue weighted by Crippen LogP contribution is -2.46. The quantitative estimate of drug-likeness (QED) is 0.786. The van der Waals surface area contributed by atoms with E-state index in [9.17, 15) is 9.59 Å². The fourth-order valence-electron chi connectivity index (χ4n) is 2.98. The summed E-state index contributed by atoms with van der Waals surface area (Å²) in [4.78, 5) is 24.0. The monoisotopic (exact) mass is 350 g/mol. The molecule has 0 fully saturated rings. The molecule has 0 bridgehead atoms. The van der Waals surface area contributed by atoms with Crippen molar-refractivity contribution in [3.05, 3.63) is 77.9 Å². The van der Waals surface area contributed by atoms with Crippen LogP contribution in [0.5, 0.6) is 5.75 Å². The minimum absolute atomic E-state index is 0.202. The summed E-state index contributed by atoms with van der Waals surface area (Å²) in [5.41, 5.74) is 6.96. The molecule has 26 heavy (non-hydrogen) atoms. The first-order valence-electron chi connectivity index (χ1n) is 8.65. The molecule has 2 amide bonds. The lowest BCUT2D eigenvalue weighted by Gasteiger charge is -2.26. The molecule has 0 saturated heterocycles. The highest BCUT2D eigenvalue weighted by Crippen LogP contribution is 2.19. The van der Waals surface area contributed by atoms with Crippen molar-refractivity contribution < 1.29 is 14.3 Å². The Hall–Kier alpha value is -3.08. The van der Waals surface area contributed by atoms with E-state index in [1.165, 1.54) is 0 Å². The number of carbonyl (C=O) groups is 2. The van der Waals surface area contributed by atoms with Crippen LogP contribution in [0.3, 0.4) is 0 Å². The zero-order valence-corrected chi connectivity index (χ0v) is 14.4. The molecule has 2 aromatic carbocycles. The minimum Gasteiger partial charge on any atom is -0.489 e. The largest absolute Gasteiger partial charge is 0.489 e. The van der Waals surface area contributed by atoms with Gasteiger partial charge >= 0.3 is 0 Å². The fraction of sp³-hybridized carbons (Fsp3) is 0.238. The number of nitrogens with one attached hydrogen (secondary N) is 1. The summed E-state index contributed by atoms with van der Waals surface area (Å²) in [5, 5.41) is 2.92. The Balaban J connectivity index is 1.58. The van der Waals surface area contributed by atoms with Crippen molar-refractivity contribution in [1.29, 1.82) is 0 Å². The van der Waals surface area contributed by atoms with Gasteiger partial charge in [0, 0.05) is 11.6 Å². The molecule has 5 nitrogen and oxygen atoms in total. The van der Waals surface area contributed by atoms with Crippen molar-refractivity contribution in [1.82, 2.24) is 5.32 Å². The van der Waals surface area contributed by atoms with Crippen LogP contribution < -0.4 is 15.8 Å². The fourth-order valence-corrected chi connectivity index (χ4v) is 2.98. The van der Waals surface area contributed by atoms with Crippen LogP contribution in [-0.2, 0) is 11.4 Å². The normalized spacial score (nSPS) is 18.9. The van der Waals surface area contributed by atoms with Crippen LogP contribution in [0.4, 0.5) is 0 Å². The standard InChI is InChI=1S/C21H22N2O3/c22-20(24)18-8-4-5-9-19(18)23-21(25)16-12-10-15(11-13-16)14-26-17-6-2-1-3-7-17/h1-7,10-13,18-19H,8-9,14H2,(H2,22,24)(H,23,25)/t18-,19-/m1/s1. The van der Waals surface area contributed by atoms with Crippen LogP contribution in [-0.4, -0.2) is 17.9 Å². The topological polar surface area (TPSA) is 81.4 Å². The maximum absolute atomic E-state index is 12.5. The predicted octanol–water partition coefficient (Wildman–Crippen LogP) is 2.82. The van der Waals surface area contributed by atoms with E-state index in [0.29, 0.717) is 25.0 Å². The Morgan fingerprint density at radius 2 is 1.69 bits per heavy atom. The van der Waals surface area contributed by atoms with Gasteiger partial charge in [-0.15, -0.1) is 0 Å². The van der Waals surface area contributed by atoms with E-state index in [-0.39, 0.29) is 23.8 Å². The number of amides is 2. The Labute approximate surface area is 152 Å². The maximum Gasteiger partial charge on any atom is 0.251 e. The zero-order chi connectivity index (χ0) is 18.4. The molecule has 0 heterocycles. The summed E-state index contributed by atoms with van der Waals surface area (Å²) in [7, 11) is 0. The number of nitrogens with two attached hydrogens (primary N) is 1. The second-order valence-electron chi connectivity index (χ2n) is 6.33. The van der Waals surface area contributed by atoms with Gasteiger partial charge < -0.3 is 15.8 Å². The number of hydrogen-bond donors (Lipinski definition) is 2. The van der Waals surface area contributed by atoms with Crippen molar-refractivity contribution in [2.45, 2.75) is 25.5 Å². The smallest absolute Gasteiger partial charge is 0.251 e. The Bertz CT molecular complexity index is 785. The average Bonchev–Trinajstić information content (AvgIpc) is 2.68. The highest BCUT2D eigenvalue weighted by Gasteiger charge is 2.28. The van der Waals surface area contributed by atoms with E-state index >= 15 is 0 Å². The van der Waals surface area contributed by atoms with Crippen LogP contribution in [0, 0.1) is 5.92 Å². The van der Waals surface area contributed by atoms with Crippen LogP contribution in [0.1, 0.15) is 28.8 Å². The van der Waals surface area contributed by atoms with Gasteiger partial charge in [0.05, 0.1) is 5.92 Å². The Morgan fingerprint density at radius 1 is 1.00 bits per heavy atom. The van der Waals surface area contributed by atoms with E-state index in [1.807, 2.05) is 54.6 Å². The third-order valence-corrected chi connectivity index (χ3v) is 4.48. The van der Waals surface area contributed by atoms with Gasteiger partial charge in [-0.25, -0.2) is 0 Å². The molecule has 2 atom stereocenters. The molecule has 3 N–H and O–H groups in total. The van der Waals surface area contributed by atoms with E-state index in [0.717, 1.165) is 11.3 Å². The first-order valence-corrected chi connectivity index (χ1v) is 8.65. The first kappa shape index (κ1) is 17.7. The molecule has 0 saturated carbocycles. The molecule has 0 radical (unpaired) electrons. The summed E-state index contributed by atoms with van der Waals surface area (Å²) in [6.45, 7) is 0.434. The number of primary amides is 1. The highest BCUT2D eigenvalue weighted by molar-refractivity contribution is 5.94. The molecule has 5 heteroatoms. The highest BCUT2D eigenvalue weighted by atomic mass is 16.5. The number of carbonyl (C=O) groups excluding carboxylic acids is 2. The zero-order valence-electron chi connectivity index (χ0n) is 14.4. The summed E-state index contributed by atoms with van der Waals surface area (Å²) in [6.07, 6.45) is 5.08. The van der Waals surface area contributed by atoms with Crippen LogP contribution in [0.15, 0.2) is 66.7 Å². The number of hydrogen-bond acceptors (Lipinski definition) is 3. The van der Waals surface area contributed by atoms with Crippen molar-refractivity contribution in [2.24, 2.45) is 11.7 Å². The third-order valence-electron chi connectivity index (χ3n) is 4.48. The SMILES string of the molecule is NC(=O)[C@@H]1CC=CC[C@H]1NC(=O)c1ccc(COc2ccccc2)cc1. The van der Waals surface area contributed by atoms with E-state index in [2.05, 4.69) is 5.32 Å². The maximum atomic E-state index is 12.5. The molecule has 0 aliphatic heterocycles. The molecule has 0 aromatic heterocycles. The predicted molar refractivity (Wildman–Crippen MR) is 99.5 cm³/mol. The lowest BCUT2D eigenvalue weighted by atomic mass is 9.88. The van der Waals surface area contributed by atoms with E-state index in [1.54, 1.807) is 12.1 Å². The van der Waals surface area contributed by atoms with E-state index < -0.39 is 0 Å². The summed E-state index contributed by atoms with van der Waals surface area (Å²) >= 11 is 0. The second kappa shape index (κ2) is 8.34. The minimum atomic E-state index is -0.381. The molecular weight excluding hydrogens is 328 g/mol. The summed E-state index contributed by atoms with van der Waals surface area (Å²) in [5.74, 6) is -0.139. The molecular formula is C21H22N2O3. The van der Waals surface area contributed by atoms with Gasteiger partial charge in [-0.3, -0.25) is 9.59 Å². The van der Waals surface area contributed by atoms with Crippen molar-refractivity contribution >= 4 is 11.8 Å². The Kier molecular flexibility index (Phi) is 5.69. The van der Waals surface area contributed by atoms with Crippen LogP contribution in [0.25, 0.3) is 0 Å². The molecule has 1 aliphatic carbocycles. The van der Waals surface area contributed by atoms with Gasteiger partial charge in [-0.2, -0.15) is 0 Å². The number of benzene rings is 2. The van der Waals surface area contributed by atoms with Gasteiger partial charge in [-0.05, 0) is 42.7 Å². The molecule has 1 aliphatic rings.